The van der Waals surface area contributed by atoms with Crippen molar-refractivity contribution in [2.75, 3.05) is 0 Å². The first kappa shape index (κ1) is 11.2. The summed E-state index contributed by atoms with van der Waals surface area (Å²) in [4.78, 5) is 11.9. The molecule has 0 saturated carbocycles. The van der Waals surface area contributed by atoms with Gasteiger partial charge in [0.2, 0.25) is 0 Å². The summed E-state index contributed by atoms with van der Waals surface area (Å²) in [5.74, 6) is 0.732. The maximum absolute atomic E-state index is 6.42. The lowest BCUT2D eigenvalue weighted by atomic mass is 10.1. The van der Waals surface area contributed by atoms with E-state index < -0.39 is 0 Å². The quantitative estimate of drug-likeness (QED) is 0.713. The second kappa shape index (κ2) is 4.42. The largest absolute Gasteiger partial charge is 0.339 e. The average molecular weight is 258 g/mol. The van der Waals surface area contributed by atoms with Crippen molar-refractivity contribution < 1.29 is 0 Å². The van der Waals surface area contributed by atoms with Gasteiger partial charge in [0.15, 0.2) is 5.65 Å². The van der Waals surface area contributed by atoms with E-state index in [0.717, 1.165) is 22.5 Å². The molecular formula is C14H12ClN3. The Bertz CT molecular complexity index is 676. The minimum absolute atomic E-state index is 0.277. The fraction of sp³-hybridized carbons (Fsp3) is 0.143. The molecule has 1 unspecified atom stereocenters. The number of aryl methyl sites for hydroxylation is 1. The summed E-state index contributed by atoms with van der Waals surface area (Å²) in [6.07, 6.45) is 1.80. The van der Waals surface area contributed by atoms with Crippen LogP contribution in [0.5, 0.6) is 0 Å². The molecule has 0 radical (unpaired) electrons. The van der Waals surface area contributed by atoms with Gasteiger partial charge in [-0.05, 0) is 24.1 Å². The van der Waals surface area contributed by atoms with Crippen LogP contribution in [0, 0.1) is 6.92 Å². The van der Waals surface area contributed by atoms with Crippen LogP contribution in [0.25, 0.3) is 11.2 Å². The van der Waals surface area contributed by atoms with Crippen molar-refractivity contribution in [3.05, 3.63) is 59.5 Å². The molecule has 3 rings (SSSR count). The molecule has 0 bridgehead atoms. The SMILES string of the molecule is Cc1cnc2nc(C(Cl)c3ccccc3)[nH]c2c1. The number of hydrogen-bond donors (Lipinski definition) is 1. The zero-order chi connectivity index (χ0) is 12.5. The molecule has 90 valence electrons. The van der Waals surface area contributed by atoms with E-state index in [0.29, 0.717) is 5.65 Å². The molecule has 1 N–H and O–H groups in total. The summed E-state index contributed by atoms with van der Waals surface area (Å²) in [6.45, 7) is 2.00. The summed E-state index contributed by atoms with van der Waals surface area (Å²) in [7, 11) is 0. The summed E-state index contributed by atoms with van der Waals surface area (Å²) in [5, 5.41) is -0.277. The molecule has 0 saturated heterocycles. The van der Waals surface area contributed by atoms with Crippen molar-refractivity contribution in [1.29, 1.82) is 0 Å². The minimum atomic E-state index is -0.277. The van der Waals surface area contributed by atoms with Crippen molar-refractivity contribution in [2.24, 2.45) is 0 Å². The Labute approximate surface area is 110 Å². The first-order valence-corrected chi connectivity index (χ1v) is 6.19. The molecule has 1 atom stereocenters. The van der Waals surface area contributed by atoms with Gasteiger partial charge >= 0.3 is 0 Å². The maximum atomic E-state index is 6.42. The number of pyridine rings is 1. The van der Waals surface area contributed by atoms with Crippen LogP contribution in [-0.4, -0.2) is 15.0 Å². The summed E-state index contributed by atoms with van der Waals surface area (Å²) < 4.78 is 0. The second-order valence-corrected chi connectivity index (χ2v) is 4.72. The predicted octanol–water partition coefficient (Wildman–Crippen LogP) is 3.59. The van der Waals surface area contributed by atoms with Crippen LogP contribution in [0.4, 0.5) is 0 Å². The minimum Gasteiger partial charge on any atom is -0.339 e. The van der Waals surface area contributed by atoms with E-state index in [1.165, 1.54) is 0 Å². The van der Waals surface area contributed by atoms with E-state index in [1.54, 1.807) is 6.20 Å². The number of nitrogens with zero attached hydrogens (tertiary/aromatic N) is 2. The number of nitrogens with one attached hydrogen (secondary N) is 1. The number of imidazole rings is 1. The summed E-state index contributed by atoms with van der Waals surface area (Å²) in [5.41, 5.74) is 3.75. The van der Waals surface area contributed by atoms with Gasteiger partial charge in [-0.25, -0.2) is 9.97 Å². The maximum Gasteiger partial charge on any atom is 0.177 e. The molecule has 0 aliphatic rings. The average Bonchev–Trinajstić information content (AvgIpc) is 2.81. The van der Waals surface area contributed by atoms with Gasteiger partial charge in [0.1, 0.15) is 11.2 Å². The molecule has 2 heterocycles. The first-order valence-electron chi connectivity index (χ1n) is 5.75. The number of H-pyrrole nitrogens is 1. The molecule has 0 aliphatic carbocycles. The molecule has 18 heavy (non-hydrogen) atoms. The Morgan fingerprint density at radius 3 is 2.78 bits per heavy atom. The van der Waals surface area contributed by atoms with Gasteiger partial charge in [-0.2, -0.15) is 0 Å². The number of rotatable bonds is 2. The third-order valence-corrected chi connectivity index (χ3v) is 3.28. The van der Waals surface area contributed by atoms with E-state index in [4.69, 9.17) is 11.6 Å². The highest BCUT2D eigenvalue weighted by Crippen LogP contribution is 2.27. The number of halogens is 1. The normalized spacial score (nSPS) is 12.8. The van der Waals surface area contributed by atoms with Crippen LogP contribution in [0.1, 0.15) is 22.3 Å². The lowest BCUT2D eigenvalue weighted by molar-refractivity contribution is 1.00. The molecule has 1 aromatic carbocycles. The van der Waals surface area contributed by atoms with Crippen molar-refractivity contribution in [3.8, 4) is 0 Å². The highest BCUT2D eigenvalue weighted by molar-refractivity contribution is 6.22. The summed E-state index contributed by atoms with van der Waals surface area (Å²) in [6, 6.07) is 11.9. The van der Waals surface area contributed by atoms with Crippen LogP contribution in [0.15, 0.2) is 42.6 Å². The Morgan fingerprint density at radius 2 is 2.00 bits per heavy atom. The van der Waals surface area contributed by atoms with E-state index in [1.807, 2.05) is 43.3 Å². The third-order valence-electron chi connectivity index (χ3n) is 2.82. The van der Waals surface area contributed by atoms with Gasteiger partial charge in [-0.1, -0.05) is 30.3 Å². The first-order chi connectivity index (χ1) is 8.74. The van der Waals surface area contributed by atoms with Gasteiger partial charge in [0, 0.05) is 6.20 Å². The highest BCUT2D eigenvalue weighted by Gasteiger charge is 2.15. The van der Waals surface area contributed by atoms with Gasteiger partial charge in [0.05, 0.1) is 5.52 Å². The Balaban J connectivity index is 2.04. The van der Waals surface area contributed by atoms with Gasteiger partial charge in [-0.15, -0.1) is 11.6 Å². The number of benzene rings is 1. The lowest BCUT2D eigenvalue weighted by Gasteiger charge is -2.05. The molecule has 2 aromatic heterocycles. The van der Waals surface area contributed by atoms with E-state index >= 15 is 0 Å². The highest BCUT2D eigenvalue weighted by atomic mass is 35.5. The molecular weight excluding hydrogens is 246 g/mol. The fourth-order valence-electron chi connectivity index (χ4n) is 1.92. The predicted molar refractivity (Wildman–Crippen MR) is 72.8 cm³/mol. The van der Waals surface area contributed by atoms with E-state index in [9.17, 15) is 0 Å². The van der Waals surface area contributed by atoms with Crippen LogP contribution >= 0.6 is 11.6 Å². The fourth-order valence-corrected chi connectivity index (χ4v) is 2.17. The third kappa shape index (κ3) is 1.97. The smallest absolute Gasteiger partial charge is 0.177 e. The van der Waals surface area contributed by atoms with Crippen LogP contribution in [-0.2, 0) is 0 Å². The number of fused-ring (bicyclic) bond motifs is 1. The zero-order valence-corrected chi connectivity index (χ0v) is 10.6. The molecule has 0 amide bonds. The van der Waals surface area contributed by atoms with E-state index in [-0.39, 0.29) is 5.38 Å². The van der Waals surface area contributed by atoms with Crippen molar-refractivity contribution in [1.82, 2.24) is 15.0 Å². The zero-order valence-electron chi connectivity index (χ0n) is 9.89. The van der Waals surface area contributed by atoms with Gasteiger partial charge in [-0.3, -0.25) is 0 Å². The topological polar surface area (TPSA) is 41.6 Å². The van der Waals surface area contributed by atoms with Crippen molar-refractivity contribution in [3.63, 3.8) is 0 Å². The molecule has 4 heteroatoms. The van der Waals surface area contributed by atoms with Crippen LogP contribution in [0.3, 0.4) is 0 Å². The van der Waals surface area contributed by atoms with Gasteiger partial charge in [0.25, 0.3) is 0 Å². The standard InChI is InChI=1S/C14H12ClN3/c1-9-7-11-13(16-8-9)18-14(17-11)12(15)10-5-3-2-4-6-10/h2-8,12H,1H3,(H,16,17,18). The molecule has 3 nitrogen and oxygen atoms in total. The summed E-state index contributed by atoms with van der Waals surface area (Å²) >= 11 is 6.42. The van der Waals surface area contributed by atoms with Gasteiger partial charge < -0.3 is 4.98 Å². The van der Waals surface area contributed by atoms with Crippen molar-refractivity contribution in [2.45, 2.75) is 12.3 Å². The monoisotopic (exact) mass is 257 g/mol. The Kier molecular flexibility index (Phi) is 2.76. The molecule has 0 spiro atoms. The lowest BCUT2D eigenvalue weighted by Crippen LogP contribution is -1.95. The van der Waals surface area contributed by atoms with Crippen molar-refractivity contribution >= 4 is 22.8 Å². The number of aromatic amines is 1. The number of aromatic nitrogens is 3. The molecule has 0 aliphatic heterocycles. The second-order valence-electron chi connectivity index (χ2n) is 4.28. The Hall–Kier alpha value is -1.87. The number of hydrogen-bond acceptors (Lipinski definition) is 2. The van der Waals surface area contributed by atoms with E-state index in [2.05, 4.69) is 15.0 Å². The van der Waals surface area contributed by atoms with Crippen LogP contribution < -0.4 is 0 Å². The molecule has 3 aromatic rings. The molecule has 0 fully saturated rings. The van der Waals surface area contributed by atoms with Crippen LogP contribution in [0.2, 0.25) is 0 Å². The number of alkyl halides is 1. The Morgan fingerprint density at radius 1 is 1.22 bits per heavy atom.